The maximum Gasteiger partial charge on any atom is 0.264 e. The van der Waals surface area contributed by atoms with Crippen molar-refractivity contribution in [3.05, 3.63) is 89.5 Å². The standard InChI is InChI=1S/C30H37N3O4S2/c1-6-19-31-30(35)24(4)32(20-25-10-8-7-9-23(25)3)29(34)21-33(26-13-11-22(2)12-14-26)39(36,37)28-17-15-27(38-5)16-18-28/h7-18,24H,6,19-21H2,1-5H3,(H,31,35). The van der Waals surface area contributed by atoms with Crippen LogP contribution in [0.1, 0.15) is 37.0 Å². The van der Waals surface area contributed by atoms with Gasteiger partial charge in [0.15, 0.2) is 0 Å². The van der Waals surface area contributed by atoms with Gasteiger partial charge in [0.2, 0.25) is 11.8 Å². The van der Waals surface area contributed by atoms with Crippen LogP contribution in [0.2, 0.25) is 0 Å². The fraction of sp³-hybridized carbons (Fsp3) is 0.333. The highest BCUT2D eigenvalue weighted by atomic mass is 32.2. The van der Waals surface area contributed by atoms with Crippen molar-refractivity contribution >= 4 is 39.3 Å². The molecule has 3 aromatic carbocycles. The molecule has 7 nitrogen and oxygen atoms in total. The van der Waals surface area contributed by atoms with Gasteiger partial charge in [-0.1, -0.05) is 48.9 Å². The SMILES string of the molecule is CCCNC(=O)C(C)N(Cc1ccccc1C)C(=O)CN(c1ccc(C)cc1)S(=O)(=O)c1ccc(SC)cc1. The van der Waals surface area contributed by atoms with Crippen LogP contribution in [0.25, 0.3) is 0 Å². The number of hydrogen-bond acceptors (Lipinski definition) is 5. The van der Waals surface area contributed by atoms with Crippen molar-refractivity contribution in [3.8, 4) is 0 Å². The summed E-state index contributed by atoms with van der Waals surface area (Å²) in [5.41, 5.74) is 3.21. The van der Waals surface area contributed by atoms with Crippen molar-refractivity contribution in [2.45, 2.75) is 56.5 Å². The lowest BCUT2D eigenvalue weighted by molar-refractivity contribution is -0.139. The Morgan fingerprint density at radius 1 is 0.949 bits per heavy atom. The van der Waals surface area contributed by atoms with Gasteiger partial charge in [-0.2, -0.15) is 0 Å². The van der Waals surface area contributed by atoms with Crippen molar-refractivity contribution in [2.24, 2.45) is 0 Å². The van der Waals surface area contributed by atoms with Crippen molar-refractivity contribution in [1.82, 2.24) is 10.2 Å². The van der Waals surface area contributed by atoms with E-state index in [0.717, 1.165) is 32.3 Å². The van der Waals surface area contributed by atoms with E-state index in [1.54, 1.807) is 43.3 Å². The average Bonchev–Trinajstić information content (AvgIpc) is 2.94. The van der Waals surface area contributed by atoms with Crippen LogP contribution < -0.4 is 9.62 Å². The Morgan fingerprint density at radius 3 is 2.18 bits per heavy atom. The predicted molar refractivity (Wildman–Crippen MR) is 158 cm³/mol. The first-order valence-electron chi connectivity index (χ1n) is 12.9. The lowest BCUT2D eigenvalue weighted by Gasteiger charge is -2.32. The van der Waals surface area contributed by atoms with Crippen LogP contribution in [0.15, 0.2) is 82.6 Å². The number of carbonyl (C=O) groups is 2. The Hall–Kier alpha value is -3.30. The van der Waals surface area contributed by atoms with Crippen LogP contribution >= 0.6 is 11.8 Å². The molecule has 208 valence electrons. The van der Waals surface area contributed by atoms with Crippen LogP contribution in [-0.4, -0.2) is 50.5 Å². The third kappa shape index (κ3) is 7.64. The molecule has 2 amide bonds. The summed E-state index contributed by atoms with van der Waals surface area (Å²) in [7, 11) is -4.09. The van der Waals surface area contributed by atoms with Crippen LogP contribution in [0.4, 0.5) is 5.69 Å². The third-order valence-electron chi connectivity index (χ3n) is 6.57. The van der Waals surface area contributed by atoms with Gasteiger partial charge >= 0.3 is 0 Å². The fourth-order valence-electron chi connectivity index (χ4n) is 4.06. The normalized spacial score (nSPS) is 12.0. The molecule has 0 saturated carbocycles. The van der Waals surface area contributed by atoms with E-state index in [-0.39, 0.29) is 17.3 Å². The molecule has 0 aliphatic carbocycles. The van der Waals surface area contributed by atoms with E-state index in [0.29, 0.717) is 12.2 Å². The number of benzene rings is 3. The monoisotopic (exact) mass is 567 g/mol. The zero-order chi connectivity index (χ0) is 28.6. The van der Waals surface area contributed by atoms with Gasteiger partial charge in [0.25, 0.3) is 10.0 Å². The molecule has 0 heterocycles. The molecule has 1 atom stereocenters. The molecule has 0 bridgehead atoms. The summed E-state index contributed by atoms with van der Waals surface area (Å²) in [5.74, 6) is -0.751. The zero-order valence-corrected chi connectivity index (χ0v) is 24.8. The van der Waals surface area contributed by atoms with E-state index in [4.69, 9.17) is 0 Å². The molecule has 3 aromatic rings. The van der Waals surface area contributed by atoms with Crippen molar-refractivity contribution < 1.29 is 18.0 Å². The Morgan fingerprint density at radius 2 is 1.59 bits per heavy atom. The first-order valence-corrected chi connectivity index (χ1v) is 15.6. The molecule has 39 heavy (non-hydrogen) atoms. The van der Waals surface area contributed by atoms with Gasteiger partial charge in [0.05, 0.1) is 10.6 Å². The summed E-state index contributed by atoms with van der Waals surface area (Å²) in [6.45, 7) is 7.70. The molecule has 3 rings (SSSR count). The number of nitrogens with zero attached hydrogens (tertiary/aromatic N) is 2. The Balaban J connectivity index is 2.02. The molecule has 0 saturated heterocycles. The number of nitrogens with one attached hydrogen (secondary N) is 1. The number of hydrogen-bond donors (Lipinski definition) is 1. The second kappa shape index (κ2) is 13.7. The van der Waals surface area contributed by atoms with Gasteiger partial charge in [-0.05, 0) is 81.0 Å². The van der Waals surface area contributed by atoms with E-state index in [1.165, 1.54) is 16.7 Å². The average molecular weight is 568 g/mol. The van der Waals surface area contributed by atoms with Gasteiger partial charge in [0.1, 0.15) is 12.6 Å². The van der Waals surface area contributed by atoms with Crippen LogP contribution in [0, 0.1) is 13.8 Å². The molecule has 0 aromatic heterocycles. The maximum absolute atomic E-state index is 13.9. The van der Waals surface area contributed by atoms with E-state index in [1.807, 2.05) is 63.4 Å². The Bertz CT molecular complexity index is 1370. The first kappa shape index (κ1) is 30.2. The quantitative estimate of drug-likeness (QED) is 0.306. The highest BCUT2D eigenvalue weighted by Crippen LogP contribution is 2.26. The highest BCUT2D eigenvalue weighted by Gasteiger charge is 2.32. The summed E-state index contributed by atoms with van der Waals surface area (Å²) < 4.78 is 28.9. The van der Waals surface area contributed by atoms with Crippen LogP contribution in [0.5, 0.6) is 0 Å². The molecular weight excluding hydrogens is 530 g/mol. The van der Waals surface area contributed by atoms with Crippen molar-refractivity contribution in [3.63, 3.8) is 0 Å². The van der Waals surface area contributed by atoms with Crippen molar-refractivity contribution in [2.75, 3.05) is 23.7 Å². The fourth-order valence-corrected chi connectivity index (χ4v) is 5.89. The molecular formula is C30H37N3O4S2. The number of sulfonamides is 1. The summed E-state index contributed by atoms with van der Waals surface area (Å²) in [6, 6.07) is 20.5. The predicted octanol–water partition coefficient (Wildman–Crippen LogP) is 5.16. The molecule has 0 aliphatic heterocycles. The summed E-state index contributed by atoms with van der Waals surface area (Å²) >= 11 is 1.52. The van der Waals surface area contributed by atoms with Gasteiger partial charge in [-0.25, -0.2) is 8.42 Å². The smallest absolute Gasteiger partial charge is 0.264 e. The van der Waals surface area contributed by atoms with Gasteiger partial charge in [-0.15, -0.1) is 11.8 Å². The molecule has 1 unspecified atom stereocenters. The second-order valence-electron chi connectivity index (χ2n) is 9.44. The van der Waals surface area contributed by atoms with Crippen molar-refractivity contribution in [1.29, 1.82) is 0 Å². The molecule has 0 spiro atoms. The molecule has 0 aliphatic rings. The van der Waals surface area contributed by atoms with E-state index in [9.17, 15) is 18.0 Å². The second-order valence-corrected chi connectivity index (χ2v) is 12.2. The topological polar surface area (TPSA) is 86.8 Å². The number of rotatable bonds is 12. The minimum atomic E-state index is -4.09. The molecule has 1 N–H and O–H groups in total. The lowest BCUT2D eigenvalue weighted by atomic mass is 10.1. The van der Waals surface area contributed by atoms with Gasteiger partial charge in [0, 0.05) is 18.0 Å². The summed E-state index contributed by atoms with van der Waals surface area (Å²) in [5, 5.41) is 2.86. The molecule has 0 fully saturated rings. The van der Waals surface area contributed by atoms with Crippen LogP contribution in [-0.2, 0) is 26.2 Å². The largest absolute Gasteiger partial charge is 0.354 e. The Labute approximate surface area is 236 Å². The minimum Gasteiger partial charge on any atom is -0.354 e. The Kier molecular flexibility index (Phi) is 10.6. The number of aryl methyl sites for hydroxylation is 2. The van der Waals surface area contributed by atoms with E-state index < -0.39 is 28.5 Å². The first-order chi connectivity index (χ1) is 18.6. The third-order valence-corrected chi connectivity index (χ3v) is 9.10. The van der Waals surface area contributed by atoms with Crippen LogP contribution in [0.3, 0.4) is 0 Å². The van der Waals surface area contributed by atoms with Gasteiger partial charge < -0.3 is 10.2 Å². The number of anilines is 1. The van der Waals surface area contributed by atoms with Gasteiger partial charge in [-0.3, -0.25) is 13.9 Å². The molecule has 0 radical (unpaired) electrons. The number of amides is 2. The van der Waals surface area contributed by atoms with E-state index >= 15 is 0 Å². The minimum absolute atomic E-state index is 0.0906. The number of carbonyl (C=O) groups excluding carboxylic acids is 2. The maximum atomic E-state index is 13.9. The highest BCUT2D eigenvalue weighted by molar-refractivity contribution is 7.98. The summed E-state index contributed by atoms with van der Waals surface area (Å²) in [6.07, 6.45) is 2.68. The lowest BCUT2D eigenvalue weighted by Crippen LogP contribution is -2.51. The molecule has 9 heteroatoms. The van der Waals surface area contributed by atoms with E-state index in [2.05, 4.69) is 5.32 Å². The zero-order valence-electron chi connectivity index (χ0n) is 23.2. The number of thioether (sulfide) groups is 1. The summed E-state index contributed by atoms with van der Waals surface area (Å²) in [4.78, 5) is 29.4.